The fraction of sp³-hybridized carbons (Fsp3) is 0.419. The molecule has 0 unspecified atom stereocenters. The van der Waals surface area contributed by atoms with E-state index in [1.807, 2.05) is 35.6 Å². The van der Waals surface area contributed by atoms with Gasteiger partial charge in [0.15, 0.2) is 0 Å². The zero-order valence-electron chi connectivity index (χ0n) is 21.6. The number of unbranched alkanes of at least 4 members (excludes halogenated alkanes) is 9. The van der Waals surface area contributed by atoms with E-state index in [4.69, 9.17) is 0 Å². The van der Waals surface area contributed by atoms with Crippen LogP contribution in [0.3, 0.4) is 0 Å². The normalized spacial score (nSPS) is 12.9. The number of rotatable bonds is 11. The summed E-state index contributed by atoms with van der Waals surface area (Å²) in [6.07, 6.45) is 12.7. The van der Waals surface area contributed by atoms with Gasteiger partial charge in [0.1, 0.15) is 4.88 Å². The van der Waals surface area contributed by atoms with Gasteiger partial charge in [-0.3, -0.25) is 9.59 Å². The fourth-order valence-electron chi connectivity index (χ4n) is 4.86. The van der Waals surface area contributed by atoms with Crippen LogP contribution in [0.4, 0.5) is 5.69 Å². The number of carbonyl (C=O) groups excluding carboxylic acids is 2. The molecule has 5 rings (SSSR count). The van der Waals surface area contributed by atoms with Gasteiger partial charge in [0.2, 0.25) is 0 Å². The molecule has 190 valence electrons. The zero-order chi connectivity index (χ0) is 25.3. The van der Waals surface area contributed by atoms with E-state index in [-0.39, 0.29) is 11.7 Å². The van der Waals surface area contributed by atoms with Crippen LogP contribution in [0, 0.1) is 6.92 Å². The van der Waals surface area contributed by atoms with Crippen LogP contribution >= 0.6 is 22.7 Å². The van der Waals surface area contributed by atoms with E-state index >= 15 is 0 Å². The molecular weight excluding hydrogens is 482 g/mol. The molecule has 36 heavy (non-hydrogen) atoms. The van der Waals surface area contributed by atoms with Gasteiger partial charge in [-0.1, -0.05) is 101 Å². The van der Waals surface area contributed by atoms with Gasteiger partial charge in [0.05, 0.1) is 5.69 Å². The third-order valence-corrected chi connectivity index (χ3v) is 9.13. The number of Topliss-reactive ketones (excluding diaryl/α,β-unsaturated/α-hetero) is 1. The third-order valence-electron chi connectivity index (χ3n) is 6.89. The molecule has 0 radical (unpaired) electrons. The Hall–Kier alpha value is -2.50. The van der Waals surface area contributed by atoms with Gasteiger partial charge in [-0.2, -0.15) is 0 Å². The summed E-state index contributed by atoms with van der Waals surface area (Å²) in [4.78, 5) is 27.0. The topological polar surface area (TPSA) is 37.4 Å². The lowest BCUT2D eigenvalue weighted by Gasteiger charge is -2.16. The Morgan fingerprint density at radius 3 is 1.97 bits per heavy atom. The minimum Gasteiger partial charge on any atom is -0.303 e. The number of hydrogen-bond donors (Lipinski definition) is 0. The number of fused-ring (bicyclic) bond motifs is 4. The van der Waals surface area contributed by atoms with Crippen molar-refractivity contribution in [2.24, 2.45) is 0 Å². The highest BCUT2D eigenvalue weighted by molar-refractivity contribution is 7.22. The Balaban J connectivity index is 0.000000251. The highest BCUT2D eigenvalue weighted by Gasteiger charge is 2.38. The van der Waals surface area contributed by atoms with Crippen LogP contribution in [0.5, 0.6) is 0 Å². The van der Waals surface area contributed by atoms with Crippen LogP contribution in [-0.2, 0) is 4.79 Å². The first-order chi connectivity index (χ1) is 17.6. The number of ketones is 1. The number of thiophene rings is 2. The Morgan fingerprint density at radius 2 is 1.31 bits per heavy atom. The Labute approximate surface area is 223 Å². The van der Waals surface area contributed by atoms with Crippen molar-refractivity contribution >= 4 is 60.2 Å². The van der Waals surface area contributed by atoms with Crippen LogP contribution in [-0.4, -0.2) is 18.2 Å². The van der Waals surface area contributed by atoms with Crippen molar-refractivity contribution in [3.8, 4) is 0 Å². The Bertz CT molecular complexity index is 1300. The number of amides is 1. The van der Waals surface area contributed by atoms with E-state index in [1.54, 1.807) is 4.90 Å². The molecule has 1 aliphatic heterocycles. The molecule has 3 heterocycles. The largest absolute Gasteiger partial charge is 0.303 e. The van der Waals surface area contributed by atoms with E-state index < -0.39 is 0 Å². The first-order valence-corrected chi connectivity index (χ1v) is 15.1. The maximum atomic E-state index is 12.3. The van der Waals surface area contributed by atoms with Crippen molar-refractivity contribution in [2.75, 3.05) is 11.4 Å². The number of nitrogens with zero attached hydrogens (tertiary/aromatic N) is 1. The average molecular weight is 520 g/mol. The first-order valence-electron chi connectivity index (χ1n) is 13.4. The van der Waals surface area contributed by atoms with Crippen LogP contribution < -0.4 is 4.90 Å². The fourth-order valence-corrected chi connectivity index (χ4v) is 6.94. The second kappa shape index (κ2) is 13.2. The number of aryl methyl sites for hydroxylation is 1. The lowest BCUT2D eigenvalue weighted by atomic mass is 10.1. The molecule has 0 fully saturated rings. The van der Waals surface area contributed by atoms with E-state index in [2.05, 4.69) is 43.5 Å². The van der Waals surface area contributed by atoms with Crippen molar-refractivity contribution in [3.63, 3.8) is 0 Å². The van der Waals surface area contributed by atoms with Crippen molar-refractivity contribution in [3.05, 3.63) is 64.4 Å². The summed E-state index contributed by atoms with van der Waals surface area (Å²) in [6.45, 7) is 5.06. The summed E-state index contributed by atoms with van der Waals surface area (Å²) in [7, 11) is 0. The molecule has 0 saturated heterocycles. The molecule has 5 heteroatoms. The summed E-state index contributed by atoms with van der Waals surface area (Å²) in [6, 6.07) is 16.5. The van der Waals surface area contributed by atoms with Crippen LogP contribution in [0.25, 0.3) is 20.2 Å². The molecule has 0 N–H and O–H groups in total. The number of benzene rings is 2. The van der Waals surface area contributed by atoms with Crippen LogP contribution in [0.1, 0.15) is 86.4 Å². The standard InChI is InChI=1S/C22H29NO2S.C9H8S/c1-2-3-4-5-6-7-8-9-10-13-16-23-19-17-14-11-12-15-18(17)26-21(19)20(24)22(23)25;1-7-6-10-9-5-3-2-4-8(7)9/h11-12,14-15H,2-10,13,16H2,1H3;2-6H,1H3. The van der Waals surface area contributed by atoms with Gasteiger partial charge in [-0.25, -0.2) is 0 Å². The quantitative estimate of drug-likeness (QED) is 0.146. The van der Waals surface area contributed by atoms with E-state index in [9.17, 15) is 9.59 Å². The van der Waals surface area contributed by atoms with Gasteiger partial charge in [-0.05, 0) is 41.8 Å². The van der Waals surface area contributed by atoms with Gasteiger partial charge in [0.25, 0.3) is 11.7 Å². The third kappa shape index (κ3) is 6.24. The molecule has 0 saturated carbocycles. The molecule has 0 spiro atoms. The summed E-state index contributed by atoms with van der Waals surface area (Å²) in [5, 5.41) is 4.64. The molecule has 1 amide bonds. The maximum absolute atomic E-state index is 12.3. The molecule has 0 atom stereocenters. The number of carbonyl (C=O) groups is 2. The average Bonchev–Trinajstić information content (AvgIpc) is 3.54. The molecule has 2 aromatic heterocycles. The predicted octanol–water partition coefficient (Wildman–Crippen LogP) is 9.56. The summed E-state index contributed by atoms with van der Waals surface area (Å²) in [5.41, 5.74) is 2.25. The minimum absolute atomic E-state index is 0.326. The second-order valence-corrected chi connectivity index (χ2v) is 11.6. The molecule has 1 aliphatic rings. The highest BCUT2D eigenvalue weighted by Crippen LogP contribution is 2.42. The smallest absolute Gasteiger partial charge is 0.300 e. The van der Waals surface area contributed by atoms with E-state index in [0.29, 0.717) is 11.4 Å². The highest BCUT2D eigenvalue weighted by atomic mass is 32.1. The minimum atomic E-state index is -0.340. The van der Waals surface area contributed by atoms with Gasteiger partial charge >= 0.3 is 0 Å². The lowest BCUT2D eigenvalue weighted by Crippen LogP contribution is -2.30. The van der Waals surface area contributed by atoms with Gasteiger partial charge in [-0.15, -0.1) is 22.7 Å². The van der Waals surface area contributed by atoms with Crippen LogP contribution in [0.15, 0.2) is 53.9 Å². The monoisotopic (exact) mass is 519 g/mol. The molecule has 0 bridgehead atoms. The molecule has 3 nitrogen and oxygen atoms in total. The van der Waals surface area contributed by atoms with Crippen LogP contribution in [0.2, 0.25) is 0 Å². The summed E-state index contributed by atoms with van der Waals surface area (Å²) in [5.74, 6) is -0.666. The van der Waals surface area contributed by atoms with E-state index in [1.165, 1.54) is 78.4 Å². The lowest BCUT2D eigenvalue weighted by molar-refractivity contribution is -0.114. The molecular formula is C31H37NO2S2. The van der Waals surface area contributed by atoms with Crippen molar-refractivity contribution in [1.82, 2.24) is 0 Å². The van der Waals surface area contributed by atoms with Gasteiger partial charge in [0, 0.05) is 21.3 Å². The van der Waals surface area contributed by atoms with Crippen molar-refractivity contribution in [2.45, 2.75) is 78.1 Å². The summed E-state index contributed by atoms with van der Waals surface area (Å²) >= 11 is 3.26. The van der Waals surface area contributed by atoms with Gasteiger partial charge < -0.3 is 4.90 Å². The Kier molecular flexibility index (Phi) is 9.71. The van der Waals surface area contributed by atoms with Crippen molar-refractivity contribution < 1.29 is 9.59 Å². The SMILES string of the molecule is CCCCCCCCCCCCN1C(=O)C(=O)c2sc3ccccc3c21.Cc1csc2ccccc12. The summed E-state index contributed by atoms with van der Waals surface area (Å²) < 4.78 is 2.48. The number of anilines is 1. The second-order valence-electron chi connectivity index (χ2n) is 9.66. The predicted molar refractivity (Wildman–Crippen MR) is 157 cm³/mol. The van der Waals surface area contributed by atoms with Crippen molar-refractivity contribution in [1.29, 1.82) is 0 Å². The van der Waals surface area contributed by atoms with E-state index in [0.717, 1.165) is 28.6 Å². The zero-order valence-corrected chi connectivity index (χ0v) is 23.2. The molecule has 2 aromatic carbocycles. The molecule has 0 aliphatic carbocycles. The molecule has 4 aromatic rings. The number of hydrogen-bond acceptors (Lipinski definition) is 4. The maximum Gasteiger partial charge on any atom is 0.300 e. The first kappa shape index (κ1) is 26.6. The Morgan fingerprint density at radius 1 is 0.722 bits per heavy atom.